The number of anilines is 1. The summed E-state index contributed by atoms with van der Waals surface area (Å²) in [5, 5.41) is 3.45. The first-order valence-electron chi connectivity index (χ1n) is 7.41. The molecule has 2 rings (SSSR count). The quantitative estimate of drug-likeness (QED) is 0.896. The average Bonchev–Trinajstić information content (AvgIpc) is 2.80. The average molecular weight is 260 g/mol. The molecule has 106 valence electrons. The lowest BCUT2D eigenvalue weighted by Crippen LogP contribution is -2.27. The molecule has 1 aromatic carbocycles. The van der Waals surface area contributed by atoms with Gasteiger partial charge in [-0.1, -0.05) is 32.9 Å². The minimum atomic E-state index is 0.220. The van der Waals surface area contributed by atoms with E-state index in [4.69, 9.17) is 0 Å². The summed E-state index contributed by atoms with van der Waals surface area (Å²) in [5.41, 5.74) is 4.41. The molecule has 1 N–H and O–H groups in total. The summed E-state index contributed by atoms with van der Waals surface area (Å²) in [4.78, 5) is 2.43. The Labute approximate surface area is 118 Å². The molecule has 0 radical (unpaired) electrons. The number of hydrogen-bond acceptors (Lipinski definition) is 2. The molecule has 0 bridgehead atoms. The van der Waals surface area contributed by atoms with Crippen LogP contribution in [-0.2, 0) is 5.41 Å². The summed E-state index contributed by atoms with van der Waals surface area (Å²) in [6, 6.07) is 6.90. The van der Waals surface area contributed by atoms with Crippen LogP contribution in [0.15, 0.2) is 18.2 Å². The van der Waals surface area contributed by atoms with E-state index in [2.05, 4.69) is 63.2 Å². The Morgan fingerprint density at radius 1 is 1.32 bits per heavy atom. The fourth-order valence-corrected chi connectivity index (χ4v) is 2.84. The number of benzene rings is 1. The van der Waals surface area contributed by atoms with Gasteiger partial charge in [-0.2, -0.15) is 0 Å². The van der Waals surface area contributed by atoms with E-state index in [0.29, 0.717) is 0 Å². The van der Waals surface area contributed by atoms with Gasteiger partial charge in [0.15, 0.2) is 0 Å². The van der Waals surface area contributed by atoms with Gasteiger partial charge in [0.1, 0.15) is 0 Å². The largest absolute Gasteiger partial charge is 0.374 e. The van der Waals surface area contributed by atoms with E-state index < -0.39 is 0 Å². The highest BCUT2D eigenvalue weighted by Gasteiger charge is 2.19. The molecule has 0 aliphatic carbocycles. The third-order valence-corrected chi connectivity index (χ3v) is 4.18. The first-order valence-corrected chi connectivity index (χ1v) is 7.41. The van der Waals surface area contributed by atoms with E-state index in [1.165, 1.54) is 36.3 Å². The Balaban J connectivity index is 2.17. The van der Waals surface area contributed by atoms with E-state index in [-0.39, 0.29) is 5.41 Å². The van der Waals surface area contributed by atoms with Crippen molar-refractivity contribution >= 4 is 5.69 Å². The Hall–Kier alpha value is -1.02. The molecule has 0 spiro atoms. The molecule has 2 heteroatoms. The predicted molar refractivity (Wildman–Crippen MR) is 84.1 cm³/mol. The number of hydrogen-bond donors (Lipinski definition) is 1. The van der Waals surface area contributed by atoms with Gasteiger partial charge in [-0.05, 0) is 55.0 Å². The van der Waals surface area contributed by atoms with Crippen molar-refractivity contribution < 1.29 is 0 Å². The van der Waals surface area contributed by atoms with Crippen LogP contribution < -0.4 is 10.2 Å². The summed E-state index contributed by atoms with van der Waals surface area (Å²) in [6.07, 6.45) is 1.31. The second kappa shape index (κ2) is 5.54. The van der Waals surface area contributed by atoms with Gasteiger partial charge in [-0.15, -0.1) is 0 Å². The second-order valence-corrected chi connectivity index (χ2v) is 6.99. The fourth-order valence-electron chi connectivity index (χ4n) is 2.84. The van der Waals surface area contributed by atoms with E-state index >= 15 is 0 Å². The van der Waals surface area contributed by atoms with Crippen molar-refractivity contribution in [1.82, 2.24) is 5.32 Å². The Kier molecular flexibility index (Phi) is 4.19. The Morgan fingerprint density at radius 3 is 2.63 bits per heavy atom. The van der Waals surface area contributed by atoms with E-state index in [9.17, 15) is 0 Å². The van der Waals surface area contributed by atoms with Crippen LogP contribution in [0.1, 0.15) is 38.3 Å². The Bertz CT molecular complexity index is 425. The first kappa shape index (κ1) is 14.4. The SMILES string of the molecule is Cc1ccc(C(C)(C)C)cc1N(C)CC1CCNC1. The smallest absolute Gasteiger partial charge is 0.0396 e. The highest BCUT2D eigenvalue weighted by molar-refractivity contribution is 5.55. The number of rotatable bonds is 3. The van der Waals surface area contributed by atoms with Gasteiger partial charge in [-0.25, -0.2) is 0 Å². The zero-order chi connectivity index (χ0) is 14.0. The molecule has 19 heavy (non-hydrogen) atoms. The van der Waals surface area contributed by atoms with Gasteiger partial charge in [-0.3, -0.25) is 0 Å². The van der Waals surface area contributed by atoms with Crippen molar-refractivity contribution in [3.8, 4) is 0 Å². The topological polar surface area (TPSA) is 15.3 Å². The van der Waals surface area contributed by atoms with Crippen LogP contribution >= 0.6 is 0 Å². The second-order valence-electron chi connectivity index (χ2n) is 6.99. The van der Waals surface area contributed by atoms with Gasteiger partial charge < -0.3 is 10.2 Å². The van der Waals surface area contributed by atoms with E-state index in [1.807, 2.05) is 0 Å². The molecule has 1 fully saturated rings. The maximum atomic E-state index is 3.45. The number of aryl methyl sites for hydroxylation is 1. The first-order chi connectivity index (χ1) is 8.88. The maximum absolute atomic E-state index is 3.45. The standard InChI is InChI=1S/C17H28N2/c1-13-6-7-15(17(2,3)4)10-16(13)19(5)12-14-8-9-18-11-14/h6-7,10,14,18H,8-9,11-12H2,1-5H3. The molecule has 0 aromatic heterocycles. The van der Waals surface area contributed by atoms with Crippen LogP contribution in [0.25, 0.3) is 0 Å². The molecule has 1 unspecified atom stereocenters. The maximum Gasteiger partial charge on any atom is 0.0396 e. The molecule has 0 amide bonds. The van der Waals surface area contributed by atoms with Gasteiger partial charge in [0, 0.05) is 19.3 Å². The molecule has 1 aliphatic heterocycles. The highest BCUT2D eigenvalue weighted by Crippen LogP contribution is 2.29. The van der Waals surface area contributed by atoms with Crippen LogP contribution in [0, 0.1) is 12.8 Å². The zero-order valence-corrected chi connectivity index (χ0v) is 13.1. The minimum Gasteiger partial charge on any atom is -0.374 e. The van der Waals surface area contributed by atoms with Gasteiger partial charge in [0.2, 0.25) is 0 Å². The molecule has 1 aliphatic rings. The highest BCUT2D eigenvalue weighted by atomic mass is 15.1. The van der Waals surface area contributed by atoms with Crippen molar-refractivity contribution in [3.63, 3.8) is 0 Å². The van der Waals surface area contributed by atoms with Crippen molar-refractivity contribution in [2.45, 2.75) is 39.5 Å². The zero-order valence-electron chi connectivity index (χ0n) is 13.1. The molecule has 1 atom stereocenters. The van der Waals surface area contributed by atoms with Crippen LogP contribution in [0.4, 0.5) is 5.69 Å². The van der Waals surface area contributed by atoms with Crippen molar-refractivity contribution in [1.29, 1.82) is 0 Å². The van der Waals surface area contributed by atoms with Crippen LogP contribution in [0.3, 0.4) is 0 Å². The fraction of sp³-hybridized carbons (Fsp3) is 0.647. The lowest BCUT2D eigenvalue weighted by Gasteiger charge is -2.27. The molecular weight excluding hydrogens is 232 g/mol. The lowest BCUT2D eigenvalue weighted by molar-refractivity contribution is 0.574. The predicted octanol–water partition coefficient (Wildman–Crippen LogP) is 3.34. The Morgan fingerprint density at radius 2 is 2.05 bits per heavy atom. The van der Waals surface area contributed by atoms with E-state index in [0.717, 1.165) is 12.5 Å². The van der Waals surface area contributed by atoms with E-state index in [1.54, 1.807) is 0 Å². The van der Waals surface area contributed by atoms with Gasteiger partial charge >= 0.3 is 0 Å². The summed E-state index contributed by atoms with van der Waals surface area (Å²) < 4.78 is 0. The van der Waals surface area contributed by atoms with Crippen LogP contribution in [0.2, 0.25) is 0 Å². The third-order valence-electron chi connectivity index (χ3n) is 4.18. The van der Waals surface area contributed by atoms with Crippen molar-refractivity contribution in [2.24, 2.45) is 5.92 Å². The van der Waals surface area contributed by atoms with Crippen LogP contribution in [0.5, 0.6) is 0 Å². The lowest BCUT2D eigenvalue weighted by atomic mass is 9.86. The van der Waals surface area contributed by atoms with Gasteiger partial charge in [0.05, 0.1) is 0 Å². The van der Waals surface area contributed by atoms with Crippen molar-refractivity contribution in [3.05, 3.63) is 29.3 Å². The molecule has 0 saturated carbocycles. The van der Waals surface area contributed by atoms with Crippen molar-refractivity contribution in [2.75, 3.05) is 31.6 Å². The minimum absolute atomic E-state index is 0.220. The third kappa shape index (κ3) is 3.50. The molecule has 1 heterocycles. The summed E-state index contributed by atoms with van der Waals surface area (Å²) in [6.45, 7) is 12.6. The monoisotopic (exact) mass is 260 g/mol. The number of nitrogens with zero attached hydrogens (tertiary/aromatic N) is 1. The summed E-state index contributed by atoms with van der Waals surface area (Å²) >= 11 is 0. The normalized spacial score (nSPS) is 19.7. The molecule has 1 saturated heterocycles. The van der Waals surface area contributed by atoms with Crippen LogP contribution in [-0.4, -0.2) is 26.7 Å². The summed E-state index contributed by atoms with van der Waals surface area (Å²) in [7, 11) is 2.23. The summed E-state index contributed by atoms with van der Waals surface area (Å²) in [5.74, 6) is 0.794. The molecular formula is C17H28N2. The number of nitrogens with one attached hydrogen (secondary N) is 1. The molecule has 1 aromatic rings. The van der Waals surface area contributed by atoms with Gasteiger partial charge in [0.25, 0.3) is 0 Å². The molecule has 2 nitrogen and oxygen atoms in total.